The van der Waals surface area contributed by atoms with E-state index in [0.29, 0.717) is 4.47 Å². The Hall–Kier alpha value is -1.60. The van der Waals surface area contributed by atoms with E-state index in [9.17, 15) is 9.18 Å². The molecule has 0 radical (unpaired) electrons. The van der Waals surface area contributed by atoms with Gasteiger partial charge in [-0.3, -0.25) is 9.89 Å². The summed E-state index contributed by atoms with van der Waals surface area (Å²) in [6.45, 7) is 0. The van der Waals surface area contributed by atoms with E-state index in [0.717, 1.165) is 6.07 Å². The molecule has 0 aliphatic heterocycles. The van der Waals surface area contributed by atoms with Gasteiger partial charge in [-0.25, -0.2) is 4.39 Å². The number of H-pyrrole nitrogens is 1. The number of nitrogens with two attached hydrogens (primary N) is 1. The Labute approximate surface area is 115 Å². The van der Waals surface area contributed by atoms with Crippen molar-refractivity contribution in [1.29, 1.82) is 0 Å². The maximum absolute atomic E-state index is 13.0. The average Bonchev–Trinajstić information content (AvgIpc) is 2.69. The van der Waals surface area contributed by atoms with E-state index in [1.807, 2.05) is 0 Å². The lowest BCUT2D eigenvalue weighted by Crippen LogP contribution is -2.15. The molecule has 5 nitrogen and oxygen atoms in total. The van der Waals surface area contributed by atoms with Crippen molar-refractivity contribution in [2.75, 3.05) is 11.1 Å². The highest BCUT2D eigenvalue weighted by Crippen LogP contribution is 2.32. The minimum Gasteiger partial charge on any atom is -0.396 e. The van der Waals surface area contributed by atoms with Crippen LogP contribution in [-0.2, 0) is 0 Å². The van der Waals surface area contributed by atoms with Crippen LogP contribution in [-0.4, -0.2) is 16.1 Å². The SMILES string of the molecule is Nc1cn[nH]c1C(=O)Nc1c(Cl)cc(F)cc1Br. The number of benzene rings is 1. The maximum atomic E-state index is 13.0. The van der Waals surface area contributed by atoms with Crippen molar-refractivity contribution < 1.29 is 9.18 Å². The molecule has 1 heterocycles. The number of hydrogen-bond acceptors (Lipinski definition) is 3. The molecule has 0 bridgehead atoms. The second-order valence-electron chi connectivity index (χ2n) is 3.40. The van der Waals surface area contributed by atoms with Gasteiger partial charge in [0.2, 0.25) is 0 Å². The number of anilines is 2. The van der Waals surface area contributed by atoms with Crippen molar-refractivity contribution in [2.45, 2.75) is 0 Å². The van der Waals surface area contributed by atoms with Crippen LogP contribution in [0.25, 0.3) is 0 Å². The monoisotopic (exact) mass is 332 g/mol. The zero-order chi connectivity index (χ0) is 13.3. The van der Waals surface area contributed by atoms with E-state index >= 15 is 0 Å². The van der Waals surface area contributed by atoms with Crippen LogP contribution in [0.1, 0.15) is 10.5 Å². The fourth-order valence-corrected chi connectivity index (χ4v) is 2.21. The molecule has 94 valence electrons. The van der Waals surface area contributed by atoms with Crippen molar-refractivity contribution >= 4 is 44.8 Å². The number of nitrogen functional groups attached to an aromatic ring is 1. The van der Waals surface area contributed by atoms with Crippen LogP contribution in [0.5, 0.6) is 0 Å². The summed E-state index contributed by atoms with van der Waals surface area (Å²) in [5.41, 5.74) is 6.12. The number of hydrogen-bond donors (Lipinski definition) is 3. The molecule has 0 aliphatic carbocycles. The van der Waals surface area contributed by atoms with Gasteiger partial charge >= 0.3 is 0 Å². The topological polar surface area (TPSA) is 83.8 Å². The first-order chi connectivity index (χ1) is 8.49. The van der Waals surface area contributed by atoms with E-state index in [2.05, 4.69) is 31.4 Å². The molecule has 0 fully saturated rings. The Morgan fingerprint density at radius 2 is 2.28 bits per heavy atom. The molecule has 0 spiro atoms. The molecule has 2 rings (SSSR count). The summed E-state index contributed by atoms with van der Waals surface area (Å²) < 4.78 is 13.4. The van der Waals surface area contributed by atoms with E-state index in [4.69, 9.17) is 17.3 Å². The number of nitrogens with one attached hydrogen (secondary N) is 2. The molecule has 0 atom stereocenters. The summed E-state index contributed by atoms with van der Waals surface area (Å²) in [6, 6.07) is 2.29. The number of amides is 1. The minimum absolute atomic E-state index is 0.0771. The lowest BCUT2D eigenvalue weighted by molar-refractivity contribution is 0.102. The fraction of sp³-hybridized carbons (Fsp3) is 0. The molecule has 0 unspecified atom stereocenters. The predicted molar refractivity (Wildman–Crippen MR) is 70.1 cm³/mol. The lowest BCUT2D eigenvalue weighted by atomic mass is 10.3. The third kappa shape index (κ3) is 2.46. The van der Waals surface area contributed by atoms with Gasteiger partial charge in [0.25, 0.3) is 5.91 Å². The maximum Gasteiger partial charge on any atom is 0.275 e. The highest BCUT2D eigenvalue weighted by Gasteiger charge is 2.16. The second-order valence-corrected chi connectivity index (χ2v) is 4.66. The van der Waals surface area contributed by atoms with Crippen LogP contribution in [0, 0.1) is 5.82 Å². The predicted octanol–water partition coefficient (Wildman–Crippen LogP) is 2.80. The zero-order valence-electron chi connectivity index (χ0n) is 8.80. The quantitative estimate of drug-likeness (QED) is 0.790. The summed E-state index contributed by atoms with van der Waals surface area (Å²) in [6.07, 6.45) is 1.32. The summed E-state index contributed by atoms with van der Waals surface area (Å²) >= 11 is 8.95. The van der Waals surface area contributed by atoms with Crippen LogP contribution in [0.3, 0.4) is 0 Å². The van der Waals surface area contributed by atoms with E-state index in [-0.39, 0.29) is 22.1 Å². The molecule has 0 aliphatic rings. The molecule has 1 aromatic heterocycles. The summed E-state index contributed by atoms with van der Waals surface area (Å²) in [5, 5.41) is 8.67. The first kappa shape index (κ1) is 12.8. The summed E-state index contributed by atoms with van der Waals surface area (Å²) in [4.78, 5) is 11.8. The third-order valence-corrected chi connectivity index (χ3v) is 3.06. The van der Waals surface area contributed by atoms with Gasteiger partial charge < -0.3 is 11.1 Å². The van der Waals surface area contributed by atoms with Gasteiger partial charge in [0.1, 0.15) is 11.5 Å². The smallest absolute Gasteiger partial charge is 0.275 e. The molecule has 4 N–H and O–H groups in total. The molecule has 0 saturated heterocycles. The first-order valence-corrected chi connectivity index (χ1v) is 5.91. The van der Waals surface area contributed by atoms with Crippen LogP contribution >= 0.6 is 27.5 Å². The molecule has 0 saturated carbocycles. The molecular formula is C10H7BrClFN4O. The number of carbonyl (C=O) groups is 1. The number of nitrogens with zero attached hydrogens (tertiary/aromatic N) is 1. The number of carbonyl (C=O) groups excluding carboxylic acids is 1. The Kier molecular flexibility index (Phi) is 3.53. The zero-order valence-corrected chi connectivity index (χ0v) is 11.1. The van der Waals surface area contributed by atoms with Gasteiger partial charge in [-0.15, -0.1) is 0 Å². The van der Waals surface area contributed by atoms with Crippen LogP contribution in [0.2, 0.25) is 5.02 Å². The second kappa shape index (κ2) is 4.95. The molecule has 2 aromatic rings. The molecule has 1 amide bonds. The normalized spacial score (nSPS) is 10.4. The minimum atomic E-state index is -0.515. The standard InChI is InChI=1S/C10H7BrClFN4O/c11-5-1-4(13)2-6(12)8(5)16-10(18)9-7(14)3-15-17-9/h1-3H,14H2,(H,15,17)(H,16,18). The van der Waals surface area contributed by atoms with Crippen LogP contribution in [0.15, 0.2) is 22.8 Å². The fourth-order valence-electron chi connectivity index (χ4n) is 1.31. The third-order valence-electron chi connectivity index (χ3n) is 2.14. The average molecular weight is 334 g/mol. The van der Waals surface area contributed by atoms with Gasteiger partial charge in [0.05, 0.1) is 22.6 Å². The molecular weight excluding hydrogens is 326 g/mol. The molecule has 1 aromatic carbocycles. The highest BCUT2D eigenvalue weighted by atomic mass is 79.9. The Balaban J connectivity index is 2.31. The number of aromatic amines is 1. The van der Waals surface area contributed by atoms with Crippen molar-refractivity contribution in [1.82, 2.24) is 10.2 Å². The van der Waals surface area contributed by atoms with Crippen molar-refractivity contribution in [3.05, 3.63) is 39.3 Å². The van der Waals surface area contributed by atoms with E-state index in [1.54, 1.807) is 0 Å². The van der Waals surface area contributed by atoms with Gasteiger partial charge in [0, 0.05) is 4.47 Å². The van der Waals surface area contributed by atoms with Crippen molar-refractivity contribution in [2.24, 2.45) is 0 Å². The highest BCUT2D eigenvalue weighted by molar-refractivity contribution is 9.10. The van der Waals surface area contributed by atoms with Gasteiger partial charge in [-0.05, 0) is 28.1 Å². The van der Waals surface area contributed by atoms with Crippen LogP contribution in [0.4, 0.5) is 15.8 Å². The van der Waals surface area contributed by atoms with Crippen molar-refractivity contribution in [3.63, 3.8) is 0 Å². The van der Waals surface area contributed by atoms with Crippen LogP contribution < -0.4 is 11.1 Å². The van der Waals surface area contributed by atoms with Crippen molar-refractivity contribution in [3.8, 4) is 0 Å². The first-order valence-electron chi connectivity index (χ1n) is 4.73. The molecule has 8 heteroatoms. The number of rotatable bonds is 2. The summed E-state index contributed by atoms with van der Waals surface area (Å²) in [7, 11) is 0. The number of aromatic nitrogens is 2. The van der Waals surface area contributed by atoms with Gasteiger partial charge in [0.15, 0.2) is 0 Å². The van der Waals surface area contributed by atoms with Gasteiger partial charge in [-0.1, -0.05) is 11.6 Å². The van der Waals surface area contributed by atoms with Gasteiger partial charge in [-0.2, -0.15) is 5.10 Å². The lowest BCUT2D eigenvalue weighted by Gasteiger charge is -2.09. The Morgan fingerprint density at radius 1 is 1.56 bits per heavy atom. The summed E-state index contributed by atoms with van der Waals surface area (Å²) in [5.74, 6) is -1.02. The molecule has 18 heavy (non-hydrogen) atoms. The largest absolute Gasteiger partial charge is 0.396 e. The van der Waals surface area contributed by atoms with E-state index < -0.39 is 11.7 Å². The number of halogens is 3. The Morgan fingerprint density at radius 3 is 2.83 bits per heavy atom. The van der Waals surface area contributed by atoms with E-state index in [1.165, 1.54) is 12.3 Å². The Bertz CT molecular complexity index is 593.